The Morgan fingerprint density at radius 2 is 0.938 bits per heavy atom. The number of hydrogen-bond donors (Lipinski definition) is 7. The van der Waals surface area contributed by atoms with Crippen molar-refractivity contribution in [2.75, 3.05) is 13.2 Å². The van der Waals surface area contributed by atoms with Gasteiger partial charge < -0.3 is 44.6 Å². The second-order valence-electron chi connectivity index (χ2n) is 16.8. The summed E-state index contributed by atoms with van der Waals surface area (Å²) < 4.78 is 49.4. The Bertz CT molecular complexity index is 1450. The molecule has 1 aliphatic rings. The molecule has 0 spiro atoms. The van der Waals surface area contributed by atoms with Gasteiger partial charge in [-0.15, -0.1) is 0 Å². The quantitative estimate of drug-likeness (QED) is 0.0131. The second kappa shape index (κ2) is 37.9. The van der Waals surface area contributed by atoms with Crippen molar-refractivity contribution in [3.8, 4) is 0 Å². The number of phosphoric ester groups is 2. The van der Waals surface area contributed by atoms with Gasteiger partial charge in [0.15, 0.2) is 6.10 Å². The number of phosphoric acid groups is 2. The number of unbranched alkanes of at least 4 members (excludes halogenated alkanes) is 18. The number of ether oxygens (including phenoxy) is 2. The number of allylic oxidation sites excluding steroid dienone is 8. The summed E-state index contributed by atoms with van der Waals surface area (Å²) in [5.41, 5.74) is 0. The summed E-state index contributed by atoms with van der Waals surface area (Å²) in [6.45, 7) is 2.98. The third-order valence-electron chi connectivity index (χ3n) is 10.9. The Morgan fingerprint density at radius 3 is 1.43 bits per heavy atom. The van der Waals surface area contributed by atoms with Gasteiger partial charge in [-0.05, 0) is 51.4 Å². The van der Waals surface area contributed by atoms with Crippen molar-refractivity contribution in [3.63, 3.8) is 0 Å². The van der Waals surface area contributed by atoms with Crippen molar-refractivity contribution >= 4 is 27.6 Å². The van der Waals surface area contributed by atoms with Crippen LogP contribution in [0.4, 0.5) is 0 Å². The van der Waals surface area contributed by atoms with E-state index in [1.54, 1.807) is 0 Å². The van der Waals surface area contributed by atoms with Crippen LogP contribution in [0.2, 0.25) is 0 Å². The van der Waals surface area contributed by atoms with E-state index in [1.165, 1.54) is 64.2 Å². The minimum atomic E-state index is -5.37. The first-order valence-electron chi connectivity index (χ1n) is 24.2. The van der Waals surface area contributed by atoms with Crippen LogP contribution in [0.3, 0.4) is 0 Å². The lowest BCUT2D eigenvalue weighted by molar-refractivity contribution is -0.216. The van der Waals surface area contributed by atoms with Crippen LogP contribution in [0.1, 0.15) is 181 Å². The Hall–Kier alpha value is -2.04. The molecule has 8 atom stereocenters. The fourth-order valence-electron chi connectivity index (χ4n) is 7.19. The van der Waals surface area contributed by atoms with Crippen molar-refractivity contribution in [2.45, 2.75) is 224 Å². The van der Waals surface area contributed by atoms with Crippen LogP contribution in [-0.2, 0) is 41.8 Å². The van der Waals surface area contributed by atoms with E-state index in [9.17, 15) is 53.8 Å². The first kappa shape index (κ1) is 61.0. The van der Waals surface area contributed by atoms with Gasteiger partial charge in [-0.3, -0.25) is 23.2 Å². The molecule has 0 aromatic carbocycles. The predicted molar refractivity (Wildman–Crippen MR) is 250 cm³/mol. The topological polar surface area (TPSA) is 256 Å². The van der Waals surface area contributed by atoms with Gasteiger partial charge >= 0.3 is 27.6 Å². The highest BCUT2D eigenvalue weighted by molar-refractivity contribution is 7.47. The number of carbonyl (C=O) groups excluding carboxylic acids is 2. The maximum Gasteiger partial charge on any atom is 0.472 e. The van der Waals surface area contributed by atoms with Crippen LogP contribution in [0.25, 0.3) is 0 Å². The van der Waals surface area contributed by atoms with E-state index in [0.717, 1.165) is 77.0 Å². The standard InChI is InChI=1S/C47H84O16P2/c1-3-5-7-9-11-13-15-17-19-20-22-23-25-27-29-31-33-35-40(48)59-37-39(61-41(49)36-34-32-30-28-26-24-21-18-16-14-12-10-8-6-4-2)38-60-65(57,58)63-47-44(52)42(50)43(51)46(45(47)53)62-64(54,55)56/h5,7,11,13,17,19,22-23,39,42-47,50-53H,3-4,6,8-10,12,14-16,18,20-21,24-38H2,1-2H3,(H,57,58)(H2,54,55,56)/b7-5-,13-11-,19-17-,23-22-/t39-,42?,43?,44?,45?,46-,47+/m1/s1. The number of aliphatic hydroxyl groups is 4. The van der Waals surface area contributed by atoms with Crippen molar-refractivity contribution in [3.05, 3.63) is 48.6 Å². The van der Waals surface area contributed by atoms with Gasteiger partial charge in [-0.2, -0.15) is 0 Å². The van der Waals surface area contributed by atoms with E-state index >= 15 is 0 Å². The zero-order chi connectivity index (χ0) is 48.2. The fourth-order valence-corrected chi connectivity index (χ4v) is 8.73. The molecule has 1 fully saturated rings. The summed E-state index contributed by atoms with van der Waals surface area (Å²) in [4.78, 5) is 54.3. The number of hydrogen-bond acceptors (Lipinski definition) is 13. The van der Waals surface area contributed by atoms with Crippen LogP contribution < -0.4 is 0 Å². The molecule has 0 aliphatic heterocycles. The summed E-state index contributed by atoms with van der Waals surface area (Å²) in [7, 11) is -10.7. The molecule has 1 aliphatic carbocycles. The smallest absolute Gasteiger partial charge is 0.462 e. The lowest BCUT2D eigenvalue weighted by Gasteiger charge is -2.43. The summed E-state index contributed by atoms with van der Waals surface area (Å²) in [6, 6.07) is 0. The molecule has 0 radical (unpaired) electrons. The van der Waals surface area contributed by atoms with Crippen molar-refractivity contribution in [1.82, 2.24) is 0 Å². The van der Waals surface area contributed by atoms with Crippen LogP contribution in [-0.4, -0.2) is 103 Å². The minimum Gasteiger partial charge on any atom is -0.462 e. The summed E-state index contributed by atoms with van der Waals surface area (Å²) in [6.07, 6.45) is 27.8. The molecular formula is C47H84O16P2. The highest BCUT2D eigenvalue weighted by Gasteiger charge is 2.54. The average Bonchev–Trinajstić information content (AvgIpc) is 3.26. The lowest BCUT2D eigenvalue weighted by Crippen LogP contribution is -2.64. The van der Waals surface area contributed by atoms with E-state index < -0.39 is 83.5 Å². The van der Waals surface area contributed by atoms with Crippen molar-refractivity contribution in [2.24, 2.45) is 0 Å². The fraction of sp³-hybridized carbons (Fsp3) is 0.787. The first-order valence-corrected chi connectivity index (χ1v) is 27.2. The third-order valence-corrected chi connectivity index (χ3v) is 12.4. The zero-order valence-corrected chi connectivity index (χ0v) is 40.9. The maximum absolute atomic E-state index is 13.0. The monoisotopic (exact) mass is 967 g/mol. The minimum absolute atomic E-state index is 0.0402. The molecule has 65 heavy (non-hydrogen) atoms. The van der Waals surface area contributed by atoms with Crippen LogP contribution >= 0.6 is 15.6 Å². The molecular weight excluding hydrogens is 882 g/mol. The predicted octanol–water partition coefficient (Wildman–Crippen LogP) is 9.29. The van der Waals surface area contributed by atoms with Gasteiger partial charge in [-0.1, -0.05) is 165 Å². The normalized spacial score (nSPS) is 22.0. The third kappa shape index (κ3) is 32.4. The molecule has 0 amide bonds. The SMILES string of the molecule is CC/C=C\C/C=C\C/C=C\C/C=C\CCCCCCC(=O)OC[C@H](COP(=O)(O)O[C@H]1C(O)C(O)C(O)[C@@H](OP(=O)(O)O)C1O)OC(=O)CCCCCCCCCCCCCCCCC. The first-order chi connectivity index (χ1) is 31.1. The van der Waals surface area contributed by atoms with Gasteiger partial charge in [-0.25, -0.2) is 9.13 Å². The van der Waals surface area contributed by atoms with Gasteiger partial charge in [0.1, 0.15) is 43.2 Å². The van der Waals surface area contributed by atoms with Gasteiger partial charge in [0.2, 0.25) is 0 Å². The van der Waals surface area contributed by atoms with Crippen LogP contribution in [0, 0.1) is 0 Å². The van der Waals surface area contributed by atoms with E-state index in [4.69, 9.17) is 18.5 Å². The Morgan fingerprint density at radius 1 is 0.508 bits per heavy atom. The highest BCUT2D eigenvalue weighted by atomic mass is 31.2. The van der Waals surface area contributed by atoms with E-state index in [-0.39, 0.29) is 12.8 Å². The van der Waals surface area contributed by atoms with Gasteiger partial charge in [0.25, 0.3) is 0 Å². The Balaban J connectivity index is 2.59. The lowest BCUT2D eigenvalue weighted by atomic mass is 9.85. The summed E-state index contributed by atoms with van der Waals surface area (Å²) in [5, 5.41) is 41.2. The average molecular weight is 967 g/mol. The zero-order valence-electron chi connectivity index (χ0n) is 39.2. The van der Waals surface area contributed by atoms with Gasteiger partial charge in [0, 0.05) is 12.8 Å². The van der Waals surface area contributed by atoms with Crippen LogP contribution in [0.5, 0.6) is 0 Å². The second-order valence-corrected chi connectivity index (χ2v) is 19.4. The molecule has 0 aromatic heterocycles. The molecule has 0 heterocycles. The van der Waals surface area contributed by atoms with Gasteiger partial charge in [0.05, 0.1) is 6.61 Å². The summed E-state index contributed by atoms with van der Waals surface area (Å²) >= 11 is 0. The van der Waals surface area contributed by atoms with E-state index in [2.05, 4.69) is 67.0 Å². The molecule has 1 saturated carbocycles. The van der Waals surface area contributed by atoms with Crippen LogP contribution in [0.15, 0.2) is 48.6 Å². The summed E-state index contributed by atoms with van der Waals surface area (Å²) in [5.74, 6) is -1.23. The molecule has 18 heteroatoms. The molecule has 0 aromatic rings. The van der Waals surface area contributed by atoms with E-state index in [0.29, 0.717) is 12.8 Å². The number of esters is 2. The number of aliphatic hydroxyl groups excluding tert-OH is 4. The molecule has 0 bridgehead atoms. The molecule has 378 valence electrons. The molecule has 1 rings (SSSR count). The molecule has 5 unspecified atom stereocenters. The Labute approximate surface area is 388 Å². The Kier molecular flexibility index (Phi) is 35.5. The largest absolute Gasteiger partial charge is 0.472 e. The van der Waals surface area contributed by atoms with Crippen molar-refractivity contribution in [1.29, 1.82) is 0 Å². The van der Waals surface area contributed by atoms with Crippen molar-refractivity contribution < 1.29 is 76.9 Å². The number of carbonyl (C=O) groups is 2. The molecule has 16 nitrogen and oxygen atoms in total. The highest BCUT2D eigenvalue weighted by Crippen LogP contribution is 2.49. The number of rotatable bonds is 40. The maximum atomic E-state index is 13.0. The molecule has 7 N–H and O–H groups in total. The van der Waals surface area contributed by atoms with E-state index in [1.807, 2.05) is 0 Å². The molecule has 0 saturated heterocycles.